The first-order valence-corrected chi connectivity index (χ1v) is 14.7. The Bertz CT molecular complexity index is 1440. The van der Waals surface area contributed by atoms with Gasteiger partial charge in [0.05, 0.1) is 11.1 Å². The van der Waals surface area contributed by atoms with E-state index in [-0.39, 0.29) is 41.5 Å². The zero-order valence-corrected chi connectivity index (χ0v) is 26.6. The van der Waals surface area contributed by atoms with E-state index < -0.39 is 17.6 Å². The Balaban J connectivity index is 0.00000131. The number of ether oxygens (including phenoxy) is 1. The molecule has 5 nitrogen and oxygen atoms in total. The van der Waals surface area contributed by atoms with Gasteiger partial charge in [-0.1, -0.05) is 94.1 Å². The number of carbonyl (C=O) groups is 2. The normalized spacial score (nSPS) is 11.1. The summed E-state index contributed by atoms with van der Waals surface area (Å²) in [5.74, 6) is -0.393. The van der Waals surface area contributed by atoms with E-state index in [4.69, 9.17) is 4.74 Å². The fourth-order valence-corrected chi connectivity index (χ4v) is 3.80. The zero-order chi connectivity index (χ0) is 33.8. The van der Waals surface area contributed by atoms with Gasteiger partial charge < -0.3 is 15.4 Å². The molecule has 0 aromatic heterocycles. The lowest BCUT2D eigenvalue weighted by Gasteiger charge is -2.17. The van der Waals surface area contributed by atoms with Crippen LogP contribution in [0.5, 0.6) is 0 Å². The molecule has 0 fully saturated rings. The number of amides is 2. The molecule has 45 heavy (non-hydrogen) atoms. The molecule has 0 unspecified atom stereocenters. The van der Waals surface area contributed by atoms with Gasteiger partial charge in [-0.2, -0.15) is 13.2 Å². The zero-order valence-electron chi connectivity index (χ0n) is 26.6. The molecule has 240 valence electrons. The second-order valence-electron chi connectivity index (χ2n) is 9.28. The molecule has 2 N–H and O–H groups in total. The summed E-state index contributed by atoms with van der Waals surface area (Å²) in [6.45, 7) is 16.8. The van der Waals surface area contributed by atoms with E-state index in [0.717, 1.165) is 12.5 Å². The summed E-state index contributed by atoms with van der Waals surface area (Å²) in [4.78, 5) is 24.9. The van der Waals surface area contributed by atoms with Crippen LogP contribution in [-0.4, -0.2) is 11.8 Å². The van der Waals surface area contributed by atoms with E-state index in [1.54, 1.807) is 36.4 Å². The van der Waals surface area contributed by atoms with Crippen molar-refractivity contribution in [2.75, 3.05) is 5.32 Å². The van der Waals surface area contributed by atoms with Crippen molar-refractivity contribution in [2.24, 2.45) is 0 Å². The SMILES string of the molecule is C/C=C\CC.C=CCC(=O)Nc1ccc(/C(OC(=C)c2ccccc2)=C(/C)C(=O)NCc2ccccc2C(F)(F)F)cc1.CC. The summed E-state index contributed by atoms with van der Waals surface area (Å²) < 4.78 is 46.1. The second kappa shape index (κ2) is 20.2. The van der Waals surface area contributed by atoms with Crippen LogP contribution in [0.3, 0.4) is 0 Å². The molecule has 0 spiro atoms. The third-order valence-corrected chi connectivity index (χ3v) is 6.00. The maximum Gasteiger partial charge on any atom is 0.416 e. The molecule has 0 aliphatic carbocycles. The third-order valence-electron chi connectivity index (χ3n) is 6.00. The maximum atomic E-state index is 13.4. The molecule has 0 atom stereocenters. The molecule has 2 amide bonds. The molecule has 0 aliphatic rings. The molecule has 0 saturated heterocycles. The Morgan fingerprint density at radius 3 is 2.04 bits per heavy atom. The van der Waals surface area contributed by atoms with Gasteiger partial charge in [-0.15, -0.1) is 6.58 Å². The number of allylic oxidation sites excluding steroid dienone is 2. The van der Waals surface area contributed by atoms with Crippen molar-refractivity contribution in [1.29, 1.82) is 0 Å². The molecule has 0 heterocycles. The number of hydrogen-bond acceptors (Lipinski definition) is 3. The fourth-order valence-electron chi connectivity index (χ4n) is 3.80. The molecular weight excluding hydrogens is 577 g/mol. The van der Waals surface area contributed by atoms with Gasteiger partial charge in [0, 0.05) is 29.8 Å². The number of hydrogen-bond donors (Lipinski definition) is 2. The topological polar surface area (TPSA) is 67.4 Å². The lowest BCUT2D eigenvalue weighted by molar-refractivity contribution is -0.138. The van der Waals surface area contributed by atoms with Gasteiger partial charge in [0.2, 0.25) is 5.91 Å². The summed E-state index contributed by atoms with van der Waals surface area (Å²) in [5, 5.41) is 5.28. The van der Waals surface area contributed by atoms with Crippen molar-refractivity contribution in [2.45, 2.75) is 60.2 Å². The highest BCUT2D eigenvalue weighted by Crippen LogP contribution is 2.32. The summed E-state index contributed by atoms with van der Waals surface area (Å²) in [6.07, 6.45) is 2.44. The van der Waals surface area contributed by atoms with E-state index in [1.807, 2.05) is 39.0 Å². The molecule has 0 saturated carbocycles. The largest absolute Gasteiger partial charge is 0.456 e. The van der Waals surface area contributed by atoms with Crippen molar-refractivity contribution in [3.05, 3.63) is 138 Å². The van der Waals surface area contributed by atoms with Gasteiger partial charge in [-0.3, -0.25) is 9.59 Å². The van der Waals surface area contributed by atoms with E-state index in [1.165, 1.54) is 31.2 Å². The average Bonchev–Trinajstić information content (AvgIpc) is 3.04. The number of halogens is 3. The lowest BCUT2D eigenvalue weighted by Crippen LogP contribution is -2.26. The number of benzene rings is 3. The maximum absolute atomic E-state index is 13.4. The number of rotatable bonds is 11. The minimum atomic E-state index is -4.54. The van der Waals surface area contributed by atoms with Crippen LogP contribution in [-0.2, 0) is 27.0 Å². The van der Waals surface area contributed by atoms with Crippen LogP contribution in [0.1, 0.15) is 69.7 Å². The molecule has 0 bridgehead atoms. The summed E-state index contributed by atoms with van der Waals surface area (Å²) >= 11 is 0. The first-order valence-electron chi connectivity index (χ1n) is 14.7. The highest BCUT2D eigenvalue weighted by atomic mass is 19.4. The predicted octanol–water partition coefficient (Wildman–Crippen LogP) is 9.95. The molecule has 3 aromatic rings. The minimum absolute atomic E-state index is 0.0584. The van der Waals surface area contributed by atoms with Gasteiger partial charge in [0.25, 0.3) is 5.91 Å². The molecular formula is C37H43F3N2O3. The van der Waals surface area contributed by atoms with Crippen molar-refractivity contribution in [1.82, 2.24) is 5.32 Å². The van der Waals surface area contributed by atoms with Gasteiger partial charge in [-0.25, -0.2) is 0 Å². The first-order chi connectivity index (χ1) is 21.5. The Morgan fingerprint density at radius 2 is 1.51 bits per heavy atom. The molecule has 0 radical (unpaired) electrons. The van der Waals surface area contributed by atoms with E-state index >= 15 is 0 Å². The van der Waals surface area contributed by atoms with Crippen LogP contribution in [0.25, 0.3) is 11.5 Å². The Hall–Kier alpha value is -4.85. The predicted molar refractivity (Wildman–Crippen MR) is 179 cm³/mol. The Morgan fingerprint density at radius 1 is 0.911 bits per heavy atom. The molecule has 3 aromatic carbocycles. The van der Waals surface area contributed by atoms with E-state index in [0.29, 0.717) is 16.8 Å². The van der Waals surface area contributed by atoms with Crippen LogP contribution in [0.2, 0.25) is 0 Å². The second-order valence-corrected chi connectivity index (χ2v) is 9.28. The highest BCUT2D eigenvalue weighted by Gasteiger charge is 2.33. The quantitative estimate of drug-likeness (QED) is 0.127. The van der Waals surface area contributed by atoms with Gasteiger partial charge in [0.1, 0.15) is 11.5 Å². The third kappa shape index (κ3) is 13.1. The number of anilines is 1. The van der Waals surface area contributed by atoms with E-state index in [9.17, 15) is 22.8 Å². The van der Waals surface area contributed by atoms with E-state index in [2.05, 4.69) is 42.9 Å². The molecule has 8 heteroatoms. The minimum Gasteiger partial charge on any atom is -0.456 e. The van der Waals surface area contributed by atoms with Crippen LogP contribution in [0, 0.1) is 0 Å². The van der Waals surface area contributed by atoms with Gasteiger partial charge in [-0.05, 0) is 56.2 Å². The number of carbonyl (C=O) groups excluding carboxylic acids is 2. The fraction of sp³-hybridized carbons (Fsp3) is 0.243. The van der Waals surface area contributed by atoms with Gasteiger partial charge >= 0.3 is 6.18 Å². The van der Waals surface area contributed by atoms with Crippen LogP contribution in [0.4, 0.5) is 18.9 Å². The highest BCUT2D eigenvalue weighted by molar-refractivity contribution is 6.00. The first kappa shape index (κ1) is 38.2. The number of alkyl halides is 3. The van der Waals surface area contributed by atoms with Crippen molar-refractivity contribution in [3.63, 3.8) is 0 Å². The van der Waals surface area contributed by atoms with Crippen LogP contribution in [0.15, 0.2) is 116 Å². The van der Waals surface area contributed by atoms with Crippen molar-refractivity contribution in [3.8, 4) is 0 Å². The number of nitrogens with one attached hydrogen (secondary N) is 2. The van der Waals surface area contributed by atoms with Crippen molar-refractivity contribution < 1.29 is 27.5 Å². The monoisotopic (exact) mass is 620 g/mol. The average molecular weight is 621 g/mol. The standard InChI is InChI=1S/C30H27F3N2O3.C5H10.C2H6/c1-4-10-27(36)35-25-17-15-23(16-18-25)28(38-21(3)22-11-6-5-7-12-22)20(2)29(37)34-19-24-13-8-9-14-26(24)30(31,32)33;1-3-5-4-2;1-2/h4-9,11-18H,1,3,10,19H2,2H3,(H,34,37)(H,35,36);3,5H,4H2,1-2H3;1-2H3/b28-20+;5-3-;. The summed E-state index contributed by atoms with van der Waals surface area (Å²) in [5.41, 5.74) is 0.988. The molecule has 0 aliphatic heterocycles. The smallest absolute Gasteiger partial charge is 0.416 e. The van der Waals surface area contributed by atoms with Crippen LogP contribution >= 0.6 is 0 Å². The summed E-state index contributed by atoms with van der Waals surface area (Å²) in [6, 6.07) is 20.7. The molecule has 3 rings (SSSR count). The Kier molecular flexibility index (Phi) is 17.1. The van der Waals surface area contributed by atoms with Crippen molar-refractivity contribution >= 4 is 29.0 Å². The lowest BCUT2D eigenvalue weighted by atomic mass is 10.1. The Labute approximate surface area is 265 Å². The summed E-state index contributed by atoms with van der Waals surface area (Å²) in [7, 11) is 0. The van der Waals surface area contributed by atoms with Crippen LogP contribution < -0.4 is 10.6 Å². The van der Waals surface area contributed by atoms with Gasteiger partial charge in [0.15, 0.2) is 0 Å².